The summed E-state index contributed by atoms with van der Waals surface area (Å²) in [5, 5.41) is 8.86. The Morgan fingerprint density at radius 1 is 1.00 bits per heavy atom. The van der Waals surface area contributed by atoms with Gasteiger partial charge in [0.25, 0.3) is 0 Å². The Morgan fingerprint density at radius 3 is 2.43 bits per heavy atom. The van der Waals surface area contributed by atoms with Crippen LogP contribution in [0.5, 0.6) is 0 Å². The molecule has 0 radical (unpaired) electrons. The second kappa shape index (κ2) is 9.28. The summed E-state index contributed by atoms with van der Waals surface area (Å²) in [6.07, 6.45) is 1.24. The second-order valence-electron chi connectivity index (χ2n) is 7.06. The number of benzene rings is 2. The first-order valence-electron chi connectivity index (χ1n) is 9.72. The molecule has 0 aliphatic carbocycles. The molecule has 2 N–H and O–H groups in total. The van der Waals surface area contributed by atoms with E-state index in [9.17, 15) is 9.59 Å². The first-order valence-corrected chi connectivity index (χ1v) is 11.0. The van der Waals surface area contributed by atoms with Crippen LogP contribution in [0.1, 0.15) is 12.8 Å². The third-order valence-corrected chi connectivity index (χ3v) is 6.15. The molecule has 2 heterocycles. The number of aromatic nitrogens is 1. The number of carbonyl (C=O) groups is 2. The number of urea groups is 1. The van der Waals surface area contributed by atoms with Crippen LogP contribution in [0.3, 0.4) is 0 Å². The Bertz CT molecular complexity index is 1030. The molecule has 1 saturated heterocycles. The Hall–Kier alpha value is -2.90. The largest absolute Gasteiger partial charge is 0.324 e. The molecule has 0 atom stereocenters. The highest BCUT2D eigenvalue weighted by Crippen LogP contribution is 2.30. The van der Waals surface area contributed by atoms with Crippen LogP contribution in [0.2, 0.25) is 5.02 Å². The number of hydrogen-bond acceptors (Lipinski definition) is 4. The van der Waals surface area contributed by atoms with E-state index >= 15 is 0 Å². The minimum Gasteiger partial charge on any atom is -0.324 e. The summed E-state index contributed by atoms with van der Waals surface area (Å²) in [4.78, 5) is 31.3. The first kappa shape index (κ1) is 20.4. The lowest BCUT2D eigenvalue weighted by molar-refractivity contribution is -0.121. The van der Waals surface area contributed by atoms with Crippen LogP contribution in [0.15, 0.2) is 60.0 Å². The number of amides is 3. The SMILES string of the molecule is O=C(Nc1nc(-c2ccccc2Cl)cs1)C1CCN(C(=O)Nc2ccccc2)CC1. The van der Waals surface area contributed by atoms with Crippen LogP contribution in [0.4, 0.5) is 15.6 Å². The number of likely N-dealkylation sites (tertiary alicyclic amines) is 1. The lowest BCUT2D eigenvalue weighted by Gasteiger charge is -2.31. The van der Waals surface area contributed by atoms with E-state index in [1.54, 1.807) is 4.90 Å². The van der Waals surface area contributed by atoms with Gasteiger partial charge >= 0.3 is 6.03 Å². The fourth-order valence-electron chi connectivity index (χ4n) is 3.40. The highest BCUT2D eigenvalue weighted by molar-refractivity contribution is 7.14. The van der Waals surface area contributed by atoms with Crippen molar-refractivity contribution >= 4 is 45.7 Å². The molecule has 2 aromatic carbocycles. The van der Waals surface area contributed by atoms with Crippen LogP contribution < -0.4 is 10.6 Å². The van der Waals surface area contributed by atoms with E-state index in [4.69, 9.17) is 11.6 Å². The molecule has 1 aromatic heterocycles. The van der Waals surface area contributed by atoms with Crippen molar-refractivity contribution in [3.05, 3.63) is 65.0 Å². The van der Waals surface area contributed by atoms with Crippen molar-refractivity contribution in [1.82, 2.24) is 9.88 Å². The van der Waals surface area contributed by atoms with Crippen LogP contribution in [0, 0.1) is 5.92 Å². The molecule has 0 unspecified atom stereocenters. The molecule has 1 aliphatic rings. The predicted octanol–water partition coefficient (Wildman–Crippen LogP) is 5.35. The third kappa shape index (κ3) is 4.80. The Morgan fingerprint density at radius 2 is 1.70 bits per heavy atom. The van der Waals surface area contributed by atoms with Crippen molar-refractivity contribution in [1.29, 1.82) is 0 Å². The van der Waals surface area contributed by atoms with Gasteiger partial charge in [0.2, 0.25) is 5.91 Å². The molecule has 8 heteroatoms. The van der Waals surface area contributed by atoms with Crippen LogP contribution in [-0.2, 0) is 4.79 Å². The Labute approximate surface area is 183 Å². The van der Waals surface area contributed by atoms with Gasteiger partial charge in [-0.15, -0.1) is 11.3 Å². The average molecular weight is 441 g/mol. The maximum absolute atomic E-state index is 12.7. The number of thiazole rings is 1. The zero-order valence-electron chi connectivity index (χ0n) is 16.2. The number of nitrogens with zero attached hydrogens (tertiary/aromatic N) is 2. The molecule has 0 bridgehead atoms. The van der Waals surface area contributed by atoms with Gasteiger partial charge in [0.1, 0.15) is 0 Å². The molecule has 0 saturated carbocycles. The lowest BCUT2D eigenvalue weighted by Crippen LogP contribution is -2.43. The molecule has 4 rings (SSSR count). The van der Waals surface area contributed by atoms with E-state index in [2.05, 4.69) is 15.6 Å². The minimum atomic E-state index is -0.140. The van der Waals surface area contributed by atoms with Gasteiger partial charge < -0.3 is 15.5 Å². The van der Waals surface area contributed by atoms with Gasteiger partial charge in [-0.3, -0.25) is 4.79 Å². The molecule has 3 amide bonds. The summed E-state index contributed by atoms with van der Waals surface area (Å²) in [6, 6.07) is 16.7. The highest BCUT2D eigenvalue weighted by Gasteiger charge is 2.28. The number of halogens is 1. The second-order valence-corrected chi connectivity index (χ2v) is 8.33. The van der Waals surface area contributed by atoms with Crippen molar-refractivity contribution in [2.24, 2.45) is 5.92 Å². The summed E-state index contributed by atoms with van der Waals surface area (Å²) in [6.45, 7) is 1.08. The molecule has 1 aliphatic heterocycles. The fourth-order valence-corrected chi connectivity index (χ4v) is 4.35. The summed E-state index contributed by atoms with van der Waals surface area (Å²) in [7, 11) is 0. The number of nitrogens with one attached hydrogen (secondary N) is 2. The summed E-state index contributed by atoms with van der Waals surface area (Å²) >= 11 is 7.60. The minimum absolute atomic E-state index is 0.0572. The maximum Gasteiger partial charge on any atom is 0.321 e. The summed E-state index contributed by atoms with van der Waals surface area (Å²) in [5.74, 6) is -0.198. The zero-order valence-corrected chi connectivity index (χ0v) is 17.7. The molecule has 154 valence electrons. The van der Waals surface area contributed by atoms with E-state index in [-0.39, 0.29) is 17.9 Å². The van der Waals surface area contributed by atoms with Crippen LogP contribution in [-0.4, -0.2) is 34.9 Å². The smallest absolute Gasteiger partial charge is 0.321 e. The van der Waals surface area contributed by atoms with Crippen molar-refractivity contribution in [2.45, 2.75) is 12.8 Å². The topological polar surface area (TPSA) is 74.3 Å². The van der Waals surface area contributed by atoms with Gasteiger partial charge in [-0.2, -0.15) is 0 Å². The lowest BCUT2D eigenvalue weighted by atomic mass is 9.96. The first-order chi connectivity index (χ1) is 14.6. The third-order valence-electron chi connectivity index (χ3n) is 5.06. The van der Waals surface area contributed by atoms with Crippen LogP contribution >= 0.6 is 22.9 Å². The monoisotopic (exact) mass is 440 g/mol. The van der Waals surface area contributed by atoms with Crippen molar-refractivity contribution in [2.75, 3.05) is 23.7 Å². The number of piperidine rings is 1. The fraction of sp³-hybridized carbons (Fsp3) is 0.227. The van der Waals surface area contributed by atoms with Crippen molar-refractivity contribution in [3.63, 3.8) is 0 Å². The van der Waals surface area contributed by atoms with E-state index in [0.29, 0.717) is 36.1 Å². The zero-order chi connectivity index (χ0) is 20.9. The molecular formula is C22H21ClN4O2S. The quantitative estimate of drug-likeness (QED) is 0.574. The Balaban J connectivity index is 1.30. The number of rotatable bonds is 4. The number of hydrogen-bond donors (Lipinski definition) is 2. The van der Waals surface area contributed by atoms with E-state index in [1.165, 1.54) is 11.3 Å². The van der Waals surface area contributed by atoms with Crippen molar-refractivity contribution < 1.29 is 9.59 Å². The molecule has 1 fully saturated rings. The average Bonchev–Trinajstić information content (AvgIpc) is 3.23. The van der Waals surface area contributed by atoms with Gasteiger partial charge in [0.05, 0.1) is 5.69 Å². The molecule has 0 spiro atoms. The normalized spacial score (nSPS) is 14.4. The number of carbonyl (C=O) groups excluding carboxylic acids is 2. The predicted molar refractivity (Wildman–Crippen MR) is 121 cm³/mol. The van der Waals surface area contributed by atoms with Crippen LogP contribution in [0.25, 0.3) is 11.3 Å². The van der Waals surface area contributed by atoms with Gasteiger partial charge in [-0.1, -0.05) is 48.0 Å². The van der Waals surface area contributed by atoms with E-state index in [0.717, 1.165) is 16.9 Å². The Kier molecular flexibility index (Phi) is 6.30. The number of anilines is 2. The summed E-state index contributed by atoms with van der Waals surface area (Å²) < 4.78 is 0. The van der Waals surface area contributed by atoms with E-state index < -0.39 is 0 Å². The molecule has 6 nitrogen and oxygen atoms in total. The van der Waals surface area contributed by atoms with Gasteiger partial charge in [-0.05, 0) is 31.0 Å². The van der Waals surface area contributed by atoms with Gasteiger partial charge in [0, 0.05) is 40.7 Å². The summed E-state index contributed by atoms with van der Waals surface area (Å²) in [5.41, 5.74) is 2.35. The van der Waals surface area contributed by atoms with Gasteiger partial charge in [-0.25, -0.2) is 9.78 Å². The standard InChI is InChI=1S/C22H21ClN4O2S/c23-18-9-5-4-8-17(18)19-14-30-21(25-19)26-20(28)15-10-12-27(13-11-15)22(29)24-16-6-2-1-3-7-16/h1-9,14-15H,10-13H2,(H,24,29)(H,25,26,28). The molecule has 3 aromatic rings. The molecular weight excluding hydrogens is 420 g/mol. The van der Waals surface area contributed by atoms with Crippen molar-refractivity contribution in [3.8, 4) is 11.3 Å². The molecule has 30 heavy (non-hydrogen) atoms. The van der Waals surface area contributed by atoms with E-state index in [1.807, 2.05) is 60.0 Å². The number of para-hydroxylation sites is 1. The maximum atomic E-state index is 12.7. The van der Waals surface area contributed by atoms with Gasteiger partial charge in [0.15, 0.2) is 5.13 Å². The highest BCUT2D eigenvalue weighted by atomic mass is 35.5.